The van der Waals surface area contributed by atoms with Crippen molar-refractivity contribution in [1.82, 2.24) is 15.5 Å². The number of nitrogens with zero attached hydrogens (tertiary/aromatic N) is 2. The Morgan fingerprint density at radius 1 is 1.12 bits per heavy atom. The number of likely N-dealkylation sites (tertiary alicyclic amines) is 1. The molecule has 1 fully saturated rings. The maximum Gasteiger partial charge on any atom is 0.291 e. The number of guanidine groups is 1. The number of rotatable bonds is 9. The first-order chi connectivity index (χ1) is 15.7. The van der Waals surface area contributed by atoms with Crippen LogP contribution in [0.2, 0.25) is 0 Å². The fourth-order valence-corrected chi connectivity index (χ4v) is 3.56. The van der Waals surface area contributed by atoms with Crippen molar-refractivity contribution in [3.05, 3.63) is 54.0 Å². The molecule has 0 aliphatic carbocycles. The number of halogens is 1. The lowest BCUT2D eigenvalue weighted by atomic mass is 10.2. The van der Waals surface area contributed by atoms with Gasteiger partial charge in [0, 0.05) is 38.3 Å². The summed E-state index contributed by atoms with van der Waals surface area (Å²) in [5, 5.41) is 9.41. The second-order valence-corrected chi connectivity index (χ2v) is 7.80. The average molecular weight is 567 g/mol. The molecule has 0 bridgehead atoms. The summed E-state index contributed by atoms with van der Waals surface area (Å²) in [4.78, 5) is 30.8. The van der Waals surface area contributed by atoms with E-state index >= 15 is 0 Å². The molecule has 8 nitrogen and oxygen atoms in total. The topological polar surface area (TPSA) is 99.0 Å². The first-order valence-electron chi connectivity index (χ1n) is 11.4. The van der Waals surface area contributed by atoms with Gasteiger partial charge in [-0.25, -0.2) is 4.99 Å². The molecule has 33 heavy (non-hydrogen) atoms. The average Bonchev–Trinajstić information content (AvgIpc) is 3.27. The van der Waals surface area contributed by atoms with E-state index in [2.05, 4.69) is 20.9 Å². The van der Waals surface area contributed by atoms with Gasteiger partial charge in [0.15, 0.2) is 11.7 Å². The fourth-order valence-electron chi connectivity index (χ4n) is 3.56. The first kappa shape index (κ1) is 26.7. The Kier molecular flexibility index (Phi) is 11.8. The van der Waals surface area contributed by atoms with Crippen molar-refractivity contribution in [2.45, 2.75) is 45.6 Å². The number of nitrogens with one attached hydrogen (secondary N) is 3. The molecule has 2 heterocycles. The number of carbonyl (C=O) groups excluding carboxylic acids is 2. The molecule has 1 aliphatic heterocycles. The van der Waals surface area contributed by atoms with Gasteiger partial charge >= 0.3 is 0 Å². The maximum atomic E-state index is 12.1. The van der Waals surface area contributed by atoms with Crippen LogP contribution in [-0.2, 0) is 11.3 Å². The van der Waals surface area contributed by atoms with Crippen molar-refractivity contribution in [3.63, 3.8) is 0 Å². The SMILES string of the molecule is CCNC(=NCc1ccc(NC(=O)c2ccco2)cc1)NCCCN1CCCCCC1=O.I. The first-order valence-corrected chi connectivity index (χ1v) is 11.4. The van der Waals surface area contributed by atoms with Crippen LogP contribution in [0.5, 0.6) is 0 Å². The van der Waals surface area contributed by atoms with Crippen molar-refractivity contribution < 1.29 is 14.0 Å². The predicted octanol–water partition coefficient (Wildman–Crippen LogP) is 4.00. The lowest BCUT2D eigenvalue weighted by Crippen LogP contribution is -2.39. The zero-order chi connectivity index (χ0) is 22.6. The van der Waals surface area contributed by atoms with Crippen molar-refractivity contribution in [2.75, 3.05) is 31.5 Å². The molecule has 1 aromatic heterocycles. The van der Waals surface area contributed by atoms with Gasteiger partial charge in [0.2, 0.25) is 5.91 Å². The molecule has 0 radical (unpaired) electrons. The van der Waals surface area contributed by atoms with E-state index in [4.69, 9.17) is 4.42 Å². The second kappa shape index (κ2) is 14.6. The molecule has 2 aromatic rings. The number of aliphatic imine (C=N–C) groups is 1. The van der Waals surface area contributed by atoms with E-state index < -0.39 is 0 Å². The van der Waals surface area contributed by atoms with Crippen LogP contribution in [0.4, 0.5) is 5.69 Å². The van der Waals surface area contributed by atoms with Gasteiger partial charge in [0.05, 0.1) is 12.8 Å². The van der Waals surface area contributed by atoms with Gasteiger partial charge in [0.1, 0.15) is 0 Å². The molecule has 3 rings (SSSR count). The lowest BCUT2D eigenvalue weighted by Gasteiger charge is -2.20. The van der Waals surface area contributed by atoms with Crippen LogP contribution in [0, 0.1) is 0 Å². The van der Waals surface area contributed by atoms with Gasteiger partial charge in [0.25, 0.3) is 5.91 Å². The number of hydrogen-bond acceptors (Lipinski definition) is 4. The normalized spacial score (nSPS) is 14.3. The minimum atomic E-state index is -0.277. The fraction of sp³-hybridized carbons (Fsp3) is 0.458. The van der Waals surface area contributed by atoms with Crippen LogP contribution >= 0.6 is 24.0 Å². The van der Waals surface area contributed by atoms with Crippen molar-refractivity contribution >= 4 is 47.4 Å². The Morgan fingerprint density at radius 3 is 2.67 bits per heavy atom. The molecule has 0 spiro atoms. The molecule has 3 N–H and O–H groups in total. The van der Waals surface area contributed by atoms with Crippen molar-refractivity contribution in [1.29, 1.82) is 0 Å². The van der Waals surface area contributed by atoms with Gasteiger partial charge in [-0.05, 0) is 56.0 Å². The van der Waals surface area contributed by atoms with Gasteiger partial charge < -0.3 is 25.3 Å². The molecular formula is C24H34IN5O3. The molecule has 2 amide bonds. The van der Waals surface area contributed by atoms with E-state index in [-0.39, 0.29) is 41.6 Å². The van der Waals surface area contributed by atoms with Crippen LogP contribution in [-0.4, -0.2) is 48.9 Å². The molecule has 1 aliphatic rings. The maximum absolute atomic E-state index is 12.1. The summed E-state index contributed by atoms with van der Waals surface area (Å²) in [6.07, 6.45) is 6.31. The summed E-state index contributed by atoms with van der Waals surface area (Å²) in [5.74, 6) is 1.04. The number of hydrogen-bond donors (Lipinski definition) is 3. The van der Waals surface area contributed by atoms with Crippen LogP contribution in [0.3, 0.4) is 0 Å². The van der Waals surface area contributed by atoms with Crippen LogP contribution in [0.25, 0.3) is 0 Å². The Labute approximate surface area is 212 Å². The molecule has 0 atom stereocenters. The van der Waals surface area contributed by atoms with Crippen molar-refractivity contribution in [3.8, 4) is 0 Å². The van der Waals surface area contributed by atoms with E-state index in [1.54, 1.807) is 12.1 Å². The summed E-state index contributed by atoms with van der Waals surface area (Å²) in [6.45, 7) is 5.75. The number of anilines is 1. The second-order valence-electron chi connectivity index (χ2n) is 7.80. The van der Waals surface area contributed by atoms with E-state index in [1.807, 2.05) is 36.1 Å². The van der Waals surface area contributed by atoms with Crippen LogP contribution < -0.4 is 16.0 Å². The zero-order valence-electron chi connectivity index (χ0n) is 19.1. The third-order valence-corrected chi connectivity index (χ3v) is 5.29. The number of carbonyl (C=O) groups is 2. The molecule has 0 saturated carbocycles. The zero-order valence-corrected chi connectivity index (χ0v) is 21.5. The number of amides is 2. The van der Waals surface area contributed by atoms with Crippen LogP contribution in [0.15, 0.2) is 52.1 Å². The number of benzene rings is 1. The van der Waals surface area contributed by atoms with Gasteiger partial charge in [-0.3, -0.25) is 9.59 Å². The summed E-state index contributed by atoms with van der Waals surface area (Å²) < 4.78 is 5.10. The highest BCUT2D eigenvalue weighted by molar-refractivity contribution is 14.0. The van der Waals surface area contributed by atoms with Gasteiger partial charge in [-0.2, -0.15) is 0 Å². The molecular weight excluding hydrogens is 533 g/mol. The molecule has 1 saturated heterocycles. The Balaban J connectivity index is 0.00000385. The largest absolute Gasteiger partial charge is 0.459 e. The summed E-state index contributed by atoms with van der Waals surface area (Å²) in [7, 11) is 0. The smallest absolute Gasteiger partial charge is 0.291 e. The van der Waals surface area contributed by atoms with Crippen LogP contribution in [0.1, 0.15) is 55.1 Å². The Morgan fingerprint density at radius 2 is 1.94 bits per heavy atom. The molecule has 9 heteroatoms. The highest BCUT2D eigenvalue weighted by atomic mass is 127. The quantitative estimate of drug-likeness (QED) is 0.184. The van der Waals surface area contributed by atoms with E-state index in [0.717, 1.165) is 63.4 Å². The third-order valence-electron chi connectivity index (χ3n) is 5.29. The lowest BCUT2D eigenvalue weighted by molar-refractivity contribution is -0.130. The summed E-state index contributed by atoms with van der Waals surface area (Å²) in [5.41, 5.74) is 1.74. The summed E-state index contributed by atoms with van der Waals surface area (Å²) in [6, 6.07) is 10.9. The van der Waals surface area contributed by atoms with E-state index in [0.29, 0.717) is 18.7 Å². The van der Waals surface area contributed by atoms with E-state index in [1.165, 1.54) is 6.26 Å². The standard InChI is InChI=1S/C24H33N5O3.HI/c1-2-25-24(26-14-7-16-29-15-5-3-4-9-22(29)30)27-18-19-10-12-20(13-11-19)28-23(31)21-8-6-17-32-21;/h6,8,10-13,17H,2-5,7,9,14-16,18H2,1H3,(H,28,31)(H2,25,26,27);1H. The van der Waals surface area contributed by atoms with E-state index in [9.17, 15) is 9.59 Å². The molecule has 1 aromatic carbocycles. The van der Waals surface area contributed by atoms with Crippen molar-refractivity contribution in [2.24, 2.45) is 4.99 Å². The number of furan rings is 1. The van der Waals surface area contributed by atoms with Gasteiger partial charge in [-0.1, -0.05) is 18.6 Å². The third kappa shape index (κ3) is 9.07. The molecule has 180 valence electrons. The Bertz CT molecular complexity index is 884. The predicted molar refractivity (Wildman–Crippen MR) is 141 cm³/mol. The summed E-state index contributed by atoms with van der Waals surface area (Å²) >= 11 is 0. The minimum absolute atomic E-state index is 0. The highest BCUT2D eigenvalue weighted by Gasteiger charge is 2.15. The van der Waals surface area contributed by atoms with Gasteiger partial charge in [-0.15, -0.1) is 24.0 Å². The highest BCUT2D eigenvalue weighted by Crippen LogP contribution is 2.13. The minimum Gasteiger partial charge on any atom is -0.459 e. The Hall–Kier alpha value is -2.56. The molecule has 0 unspecified atom stereocenters. The monoisotopic (exact) mass is 567 g/mol.